The van der Waals surface area contributed by atoms with Crippen molar-refractivity contribution in [3.05, 3.63) is 56.1 Å². The maximum Gasteiger partial charge on any atom is 0.346 e. The number of amides is 1. The number of carbonyl (C=O) groups excluding carboxylic acids is 2. The lowest BCUT2D eigenvalue weighted by Crippen LogP contribution is -2.30. The molecular weight excluding hydrogens is 427 g/mol. The third kappa shape index (κ3) is 5.07. The van der Waals surface area contributed by atoms with Crippen molar-refractivity contribution in [2.45, 2.75) is 13.0 Å². The van der Waals surface area contributed by atoms with Crippen LogP contribution in [-0.2, 0) is 9.53 Å². The summed E-state index contributed by atoms with van der Waals surface area (Å²) < 4.78 is 15.1. The number of rotatable bonds is 7. The molecule has 2 rings (SSSR count). The van der Waals surface area contributed by atoms with Gasteiger partial charge in [0.25, 0.3) is 11.6 Å². The number of nitrogens with one attached hydrogen (secondary N) is 1. The molecule has 29 heavy (non-hydrogen) atoms. The predicted octanol–water partition coefficient (Wildman–Crippen LogP) is 4.10. The van der Waals surface area contributed by atoms with Gasteiger partial charge in [0, 0.05) is 6.07 Å². The van der Waals surface area contributed by atoms with Gasteiger partial charge in [-0.3, -0.25) is 14.9 Å². The molecule has 0 aliphatic heterocycles. The van der Waals surface area contributed by atoms with Crippen LogP contribution in [0, 0.1) is 10.1 Å². The first kappa shape index (κ1) is 22.3. The van der Waals surface area contributed by atoms with E-state index in [1.165, 1.54) is 27.2 Å². The minimum absolute atomic E-state index is 0.0668. The van der Waals surface area contributed by atoms with E-state index in [2.05, 4.69) is 5.32 Å². The molecule has 2 aromatic carbocycles. The summed E-state index contributed by atoms with van der Waals surface area (Å²) in [6.45, 7) is 1.30. The number of ether oxygens (including phenoxy) is 3. The molecule has 1 amide bonds. The Morgan fingerprint density at radius 3 is 2.34 bits per heavy atom. The van der Waals surface area contributed by atoms with Crippen molar-refractivity contribution < 1.29 is 28.7 Å². The molecule has 0 saturated carbocycles. The van der Waals surface area contributed by atoms with Crippen LogP contribution in [0.25, 0.3) is 0 Å². The number of nitro groups is 1. The topological polar surface area (TPSA) is 117 Å². The van der Waals surface area contributed by atoms with E-state index < -0.39 is 34.2 Å². The molecule has 0 aromatic heterocycles. The van der Waals surface area contributed by atoms with E-state index in [4.69, 9.17) is 37.4 Å². The number of esters is 1. The molecule has 11 heteroatoms. The third-order valence-electron chi connectivity index (χ3n) is 3.78. The minimum atomic E-state index is -1.29. The van der Waals surface area contributed by atoms with E-state index in [1.807, 2.05) is 0 Å². The Labute approximate surface area is 175 Å². The first-order valence-electron chi connectivity index (χ1n) is 8.05. The molecule has 0 fully saturated rings. The summed E-state index contributed by atoms with van der Waals surface area (Å²) in [6.07, 6.45) is -1.29. The van der Waals surface area contributed by atoms with Crippen molar-refractivity contribution in [1.82, 2.24) is 0 Å². The molecule has 0 aliphatic carbocycles. The van der Waals surface area contributed by atoms with Crippen LogP contribution in [0.1, 0.15) is 17.3 Å². The second-order valence-corrected chi connectivity index (χ2v) is 6.40. The molecule has 0 radical (unpaired) electrons. The summed E-state index contributed by atoms with van der Waals surface area (Å²) in [5.74, 6) is -1.63. The monoisotopic (exact) mass is 442 g/mol. The summed E-state index contributed by atoms with van der Waals surface area (Å²) in [5.41, 5.74) is -0.726. The Kier molecular flexibility index (Phi) is 7.24. The fraction of sp³-hybridized carbons (Fsp3) is 0.222. The highest BCUT2D eigenvalue weighted by Gasteiger charge is 2.28. The Hall–Kier alpha value is -3.04. The van der Waals surface area contributed by atoms with Crippen LogP contribution in [-0.4, -0.2) is 37.1 Å². The third-order valence-corrected chi connectivity index (χ3v) is 4.60. The number of hydrogen-bond donors (Lipinski definition) is 1. The Morgan fingerprint density at radius 2 is 1.76 bits per heavy atom. The molecule has 154 valence electrons. The highest BCUT2D eigenvalue weighted by atomic mass is 35.5. The number of methoxy groups -OCH3 is 2. The highest BCUT2D eigenvalue weighted by Crippen LogP contribution is 2.35. The lowest BCUT2D eigenvalue weighted by Gasteiger charge is -2.15. The Balaban J connectivity index is 2.23. The number of halogens is 2. The lowest BCUT2D eigenvalue weighted by atomic mass is 10.1. The summed E-state index contributed by atoms with van der Waals surface area (Å²) >= 11 is 11.9. The van der Waals surface area contributed by atoms with Gasteiger partial charge in [0.05, 0.1) is 40.9 Å². The maximum absolute atomic E-state index is 12.5. The fourth-order valence-corrected chi connectivity index (χ4v) is 2.64. The minimum Gasteiger partial charge on any atom is -0.493 e. The van der Waals surface area contributed by atoms with Gasteiger partial charge < -0.3 is 19.5 Å². The standard InChI is InChI=1S/C18H16Cl2N2O7/c1-9(17(23)21-12-6-4-5-11(19)16(12)20)29-18(24)10-7-14(27-2)15(28-3)8-13(10)22(25)26/h4-9H,1-3H3,(H,21,23). The van der Waals surface area contributed by atoms with E-state index in [9.17, 15) is 19.7 Å². The van der Waals surface area contributed by atoms with E-state index in [0.29, 0.717) is 0 Å². The zero-order valence-corrected chi connectivity index (χ0v) is 17.0. The molecule has 1 unspecified atom stereocenters. The average molecular weight is 443 g/mol. The van der Waals surface area contributed by atoms with Crippen molar-refractivity contribution in [1.29, 1.82) is 0 Å². The SMILES string of the molecule is COc1cc(C(=O)OC(C)C(=O)Nc2cccc(Cl)c2Cl)c([N+](=O)[O-])cc1OC. The quantitative estimate of drug-likeness (QED) is 0.389. The highest BCUT2D eigenvalue weighted by molar-refractivity contribution is 6.44. The van der Waals surface area contributed by atoms with E-state index in [1.54, 1.807) is 12.1 Å². The van der Waals surface area contributed by atoms with Crippen LogP contribution < -0.4 is 14.8 Å². The molecule has 1 N–H and O–H groups in total. The predicted molar refractivity (Wildman–Crippen MR) is 106 cm³/mol. The molecule has 0 heterocycles. The van der Waals surface area contributed by atoms with E-state index in [-0.39, 0.29) is 27.2 Å². The van der Waals surface area contributed by atoms with Crippen molar-refractivity contribution in [2.75, 3.05) is 19.5 Å². The van der Waals surface area contributed by atoms with E-state index in [0.717, 1.165) is 12.1 Å². The van der Waals surface area contributed by atoms with Gasteiger partial charge in [-0.05, 0) is 19.1 Å². The van der Waals surface area contributed by atoms with Gasteiger partial charge in [0.1, 0.15) is 5.56 Å². The zero-order valence-electron chi connectivity index (χ0n) is 15.5. The van der Waals surface area contributed by atoms with Gasteiger partial charge in [0.15, 0.2) is 17.6 Å². The van der Waals surface area contributed by atoms with Crippen LogP contribution in [0.3, 0.4) is 0 Å². The molecule has 0 saturated heterocycles. The van der Waals surface area contributed by atoms with Gasteiger partial charge in [-0.2, -0.15) is 0 Å². The summed E-state index contributed by atoms with van der Waals surface area (Å²) in [6, 6.07) is 6.77. The van der Waals surface area contributed by atoms with Crippen LogP contribution in [0.5, 0.6) is 11.5 Å². The molecule has 1 atom stereocenters. The summed E-state index contributed by atoms with van der Waals surface area (Å²) in [7, 11) is 2.61. The molecule has 0 aliphatic rings. The second kappa shape index (κ2) is 9.44. The van der Waals surface area contributed by atoms with E-state index >= 15 is 0 Å². The van der Waals surface area contributed by atoms with Gasteiger partial charge in [-0.15, -0.1) is 0 Å². The summed E-state index contributed by atoms with van der Waals surface area (Å²) in [5, 5.41) is 14.1. The number of anilines is 1. The van der Waals surface area contributed by atoms with Crippen LogP contribution in [0.2, 0.25) is 10.0 Å². The normalized spacial score (nSPS) is 11.3. The van der Waals surface area contributed by atoms with Crippen molar-refractivity contribution in [2.24, 2.45) is 0 Å². The molecule has 9 nitrogen and oxygen atoms in total. The van der Waals surface area contributed by atoms with Crippen molar-refractivity contribution >= 4 is 46.5 Å². The van der Waals surface area contributed by atoms with Gasteiger partial charge in [0.2, 0.25) is 0 Å². The Bertz CT molecular complexity index is 965. The Morgan fingerprint density at radius 1 is 1.14 bits per heavy atom. The molecule has 0 spiro atoms. The molecular formula is C18H16Cl2N2O7. The summed E-state index contributed by atoms with van der Waals surface area (Å²) in [4.78, 5) is 35.3. The molecule has 2 aromatic rings. The molecule has 0 bridgehead atoms. The second-order valence-electron chi connectivity index (χ2n) is 5.62. The smallest absolute Gasteiger partial charge is 0.346 e. The number of nitrogens with zero attached hydrogens (tertiary/aromatic N) is 1. The average Bonchev–Trinajstić information content (AvgIpc) is 2.69. The first-order chi connectivity index (χ1) is 13.7. The largest absolute Gasteiger partial charge is 0.493 e. The number of benzene rings is 2. The van der Waals surface area contributed by atoms with Gasteiger partial charge >= 0.3 is 5.97 Å². The first-order valence-corrected chi connectivity index (χ1v) is 8.81. The van der Waals surface area contributed by atoms with Crippen LogP contribution in [0.15, 0.2) is 30.3 Å². The van der Waals surface area contributed by atoms with Crippen LogP contribution >= 0.6 is 23.2 Å². The van der Waals surface area contributed by atoms with Gasteiger partial charge in [-0.1, -0.05) is 29.3 Å². The number of carbonyl (C=O) groups is 2. The lowest BCUT2D eigenvalue weighted by molar-refractivity contribution is -0.385. The fourth-order valence-electron chi connectivity index (χ4n) is 2.30. The number of nitro benzene ring substituents is 1. The van der Waals surface area contributed by atoms with Crippen molar-refractivity contribution in [3.63, 3.8) is 0 Å². The zero-order chi connectivity index (χ0) is 21.7. The maximum atomic E-state index is 12.5. The number of hydrogen-bond acceptors (Lipinski definition) is 7. The van der Waals surface area contributed by atoms with Gasteiger partial charge in [-0.25, -0.2) is 4.79 Å². The van der Waals surface area contributed by atoms with Crippen LogP contribution in [0.4, 0.5) is 11.4 Å². The van der Waals surface area contributed by atoms with Crippen molar-refractivity contribution in [3.8, 4) is 11.5 Å².